The number of nitrogens with one attached hydrogen (secondary N) is 1. The van der Waals surface area contributed by atoms with E-state index < -0.39 is 0 Å². The Bertz CT molecular complexity index is 597. The van der Waals surface area contributed by atoms with E-state index in [-0.39, 0.29) is 11.9 Å². The highest BCUT2D eigenvalue weighted by atomic mass is 16.2. The van der Waals surface area contributed by atoms with Crippen LogP contribution in [0.2, 0.25) is 0 Å². The van der Waals surface area contributed by atoms with Crippen LogP contribution in [0.5, 0.6) is 0 Å². The molecule has 0 bridgehead atoms. The van der Waals surface area contributed by atoms with Crippen molar-refractivity contribution in [2.45, 2.75) is 18.9 Å². The summed E-state index contributed by atoms with van der Waals surface area (Å²) in [5.41, 5.74) is 2.37. The van der Waals surface area contributed by atoms with Gasteiger partial charge in [-0.3, -0.25) is 4.79 Å². The van der Waals surface area contributed by atoms with Gasteiger partial charge in [0.05, 0.1) is 6.42 Å². The molecule has 1 atom stereocenters. The molecule has 22 heavy (non-hydrogen) atoms. The average molecular weight is 294 g/mol. The monoisotopic (exact) mass is 294 g/mol. The van der Waals surface area contributed by atoms with Gasteiger partial charge < -0.3 is 10.2 Å². The van der Waals surface area contributed by atoms with E-state index in [2.05, 4.69) is 34.5 Å². The molecule has 1 heterocycles. The number of carbonyl (C=O) groups is 1. The van der Waals surface area contributed by atoms with Crippen molar-refractivity contribution in [3.63, 3.8) is 0 Å². The lowest BCUT2D eigenvalue weighted by molar-refractivity contribution is -0.133. The minimum atomic E-state index is 0.230. The summed E-state index contributed by atoms with van der Waals surface area (Å²) in [6, 6.07) is 20.7. The molecular weight excluding hydrogens is 272 g/mol. The molecule has 1 amide bonds. The van der Waals surface area contributed by atoms with Crippen molar-refractivity contribution < 1.29 is 4.79 Å². The molecule has 2 aromatic rings. The summed E-state index contributed by atoms with van der Waals surface area (Å²) in [7, 11) is 0. The molecule has 1 N–H and O–H groups in total. The summed E-state index contributed by atoms with van der Waals surface area (Å²) in [5, 5.41) is 3.41. The fourth-order valence-corrected chi connectivity index (χ4v) is 3.03. The summed E-state index contributed by atoms with van der Waals surface area (Å²) in [5.74, 6) is 0.230. The predicted molar refractivity (Wildman–Crippen MR) is 88.7 cm³/mol. The molecule has 3 rings (SSSR count). The van der Waals surface area contributed by atoms with Crippen LogP contribution in [0.15, 0.2) is 60.7 Å². The van der Waals surface area contributed by atoms with E-state index in [1.165, 1.54) is 5.56 Å². The SMILES string of the molecule is O=C(Cc1ccccc1)N1CCNCC1Cc1ccccc1. The molecule has 0 aliphatic carbocycles. The summed E-state index contributed by atoms with van der Waals surface area (Å²) in [6.45, 7) is 2.55. The van der Waals surface area contributed by atoms with Crippen molar-refractivity contribution in [2.24, 2.45) is 0 Å². The van der Waals surface area contributed by atoms with Gasteiger partial charge in [-0.1, -0.05) is 60.7 Å². The maximum absolute atomic E-state index is 12.7. The zero-order chi connectivity index (χ0) is 15.2. The van der Waals surface area contributed by atoms with Crippen molar-refractivity contribution in [3.8, 4) is 0 Å². The highest BCUT2D eigenvalue weighted by Gasteiger charge is 2.26. The second kappa shape index (κ2) is 7.23. The molecule has 1 aliphatic heterocycles. The zero-order valence-corrected chi connectivity index (χ0v) is 12.7. The number of amides is 1. The van der Waals surface area contributed by atoms with Crippen LogP contribution in [-0.2, 0) is 17.6 Å². The summed E-state index contributed by atoms with van der Waals surface area (Å²) in [6.07, 6.45) is 1.40. The molecule has 3 heteroatoms. The third kappa shape index (κ3) is 3.74. The first-order valence-corrected chi connectivity index (χ1v) is 7.91. The number of piperazine rings is 1. The smallest absolute Gasteiger partial charge is 0.227 e. The lowest BCUT2D eigenvalue weighted by Gasteiger charge is -2.36. The Morgan fingerprint density at radius 3 is 2.32 bits per heavy atom. The number of hydrogen-bond acceptors (Lipinski definition) is 2. The topological polar surface area (TPSA) is 32.3 Å². The van der Waals surface area contributed by atoms with Crippen LogP contribution in [0.25, 0.3) is 0 Å². The Labute approximate surface area is 132 Å². The molecule has 0 saturated carbocycles. The number of hydrogen-bond donors (Lipinski definition) is 1. The van der Waals surface area contributed by atoms with Crippen LogP contribution in [0.3, 0.4) is 0 Å². The predicted octanol–water partition coefficient (Wildman–Crippen LogP) is 2.27. The molecular formula is C19H22N2O. The highest BCUT2D eigenvalue weighted by Crippen LogP contribution is 2.13. The first-order chi connectivity index (χ1) is 10.8. The van der Waals surface area contributed by atoms with Crippen LogP contribution in [0.4, 0.5) is 0 Å². The van der Waals surface area contributed by atoms with Crippen molar-refractivity contribution in [1.29, 1.82) is 0 Å². The van der Waals surface area contributed by atoms with Crippen molar-refractivity contribution in [3.05, 3.63) is 71.8 Å². The summed E-state index contributed by atoms with van der Waals surface area (Å²) < 4.78 is 0. The van der Waals surface area contributed by atoms with Crippen molar-refractivity contribution in [2.75, 3.05) is 19.6 Å². The van der Waals surface area contributed by atoms with Crippen molar-refractivity contribution >= 4 is 5.91 Å². The number of benzene rings is 2. The first kappa shape index (κ1) is 14.8. The standard InChI is InChI=1S/C19H22N2O/c22-19(14-17-9-5-2-6-10-17)21-12-11-20-15-18(21)13-16-7-3-1-4-8-16/h1-10,18,20H,11-15H2. The van der Waals surface area contributed by atoms with Crippen molar-refractivity contribution in [1.82, 2.24) is 10.2 Å². The average Bonchev–Trinajstić information content (AvgIpc) is 2.57. The minimum Gasteiger partial charge on any atom is -0.337 e. The molecule has 114 valence electrons. The van der Waals surface area contributed by atoms with E-state index in [1.807, 2.05) is 36.4 Å². The molecule has 0 radical (unpaired) electrons. The maximum Gasteiger partial charge on any atom is 0.227 e. The van der Waals surface area contributed by atoms with Gasteiger partial charge in [-0.2, -0.15) is 0 Å². The van der Waals surface area contributed by atoms with Crippen LogP contribution in [-0.4, -0.2) is 36.5 Å². The minimum absolute atomic E-state index is 0.230. The fourth-order valence-electron chi connectivity index (χ4n) is 3.03. The highest BCUT2D eigenvalue weighted by molar-refractivity contribution is 5.79. The Kier molecular flexibility index (Phi) is 4.86. The maximum atomic E-state index is 12.7. The molecule has 1 saturated heterocycles. The molecule has 1 fully saturated rings. The molecule has 1 unspecified atom stereocenters. The van der Waals surface area contributed by atoms with Gasteiger partial charge in [0.2, 0.25) is 5.91 Å². The van der Waals surface area contributed by atoms with Gasteiger partial charge in [0.1, 0.15) is 0 Å². The molecule has 3 nitrogen and oxygen atoms in total. The largest absolute Gasteiger partial charge is 0.337 e. The van der Waals surface area contributed by atoms with Gasteiger partial charge in [0, 0.05) is 25.7 Å². The van der Waals surface area contributed by atoms with E-state index in [0.717, 1.165) is 31.6 Å². The molecule has 0 aromatic heterocycles. The van der Waals surface area contributed by atoms with Gasteiger partial charge in [-0.15, -0.1) is 0 Å². The second-order valence-electron chi connectivity index (χ2n) is 5.80. The summed E-state index contributed by atoms with van der Waals surface area (Å²) >= 11 is 0. The quantitative estimate of drug-likeness (QED) is 0.938. The lowest BCUT2D eigenvalue weighted by Crippen LogP contribution is -2.54. The van der Waals surface area contributed by atoms with Crippen LogP contribution >= 0.6 is 0 Å². The second-order valence-corrected chi connectivity index (χ2v) is 5.80. The Hall–Kier alpha value is -2.13. The van der Waals surface area contributed by atoms with E-state index in [0.29, 0.717) is 6.42 Å². The Morgan fingerprint density at radius 2 is 1.64 bits per heavy atom. The summed E-state index contributed by atoms with van der Waals surface area (Å²) in [4.78, 5) is 14.7. The fraction of sp³-hybridized carbons (Fsp3) is 0.316. The van der Waals surface area contributed by atoms with Gasteiger partial charge in [0.25, 0.3) is 0 Å². The molecule has 2 aromatic carbocycles. The normalized spacial score (nSPS) is 18.2. The number of nitrogens with zero attached hydrogens (tertiary/aromatic N) is 1. The Balaban J connectivity index is 1.68. The number of rotatable bonds is 4. The van der Waals surface area contributed by atoms with Gasteiger partial charge >= 0.3 is 0 Å². The molecule has 0 spiro atoms. The van der Waals surface area contributed by atoms with Gasteiger partial charge in [0.15, 0.2) is 0 Å². The van der Waals surface area contributed by atoms with Gasteiger partial charge in [-0.05, 0) is 17.5 Å². The molecule has 1 aliphatic rings. The van der Waals surface area contributed by atoms with Crippen LogP contribution in [0.1, 0.15) is 11.1 Å². The van der Waals surface area contributed by atoms with Crippen LogP contribution < -0.4 is 5.32 Å². The van der Waals surface area contributed by atoms with E-state index in [1.54, 1.807) is 0 Å². The zero-order valence-electron chi connectivity index (χ0n) is 12.7. The van der Waals surface area contributed by atoms with E-state index >= 15 is 0 Å². The number of carbonyl (C=O) groups excluding carboxylic acids is 1. The third-order valence-electron chi connectivity index (χ3n) is 4.18. The van der Waals surface area contributed by atoms with Crippen LogP contribution in [0, 0.1) is 0 Å². The third-order valence-corrected chi connectivity index (χ3v) is 4.18. The van der Waals surface area contributed by atoms with E-state index in [9.17, 15) is 4.79 Å². The lowest BCUT2D eigenvalue weighted by atomic mass is 10.0. The van der Waals surface area contributed by atoms with Gasteiger partial charge in [-0.25, -0.2) is 0 Å². The van der Waals surface area contributed by atoms with E-state index in [4.69, 9.17) is 0 Å². The Morgan fingerprint density at radius 1 is 1.00 bits per heavy atom. The first-order valence-electron chi connectivity index (χ1n) is 7.91.